The molecule has 0 spiro atoms. The summed E-state index contributed by atoms with van der Waals surface area (Å²) < 4.78 is 28.8. The standard InChI is InChI=1S/C18H18ClNO4S/c19-14-7-5-13(6-8-14)11-24-17-4-2-1-3-16(17)18(21)20-15-9-10-25(22,23)12-15/h1-8,15H,9-12H2,(H,20,21). The van der Waals surface area contributed by atoms with E-state index in [0.29, 0.717) is 29.4 Å². The second kappa shape index (κ2) is 7.45. The van der Waals surface area contributed by atoms with Crippen molar-refractivity contribution in [2.75, 3.05) is 11.5 Å². The van der Waals surface area contributed by atoms with Crippen molar-refractivity contribution in [1.82, 2.24) is 5.32 Å². The Morgan fingerprint density at radius 3 is 2.56 bits per heavy atom. The van der Waals surface area contributed by atoms with Crippen molar-refractivity contribution in [2.45, 2.75) is 19.1 Å². The van der Waals surface area contributed by atoms with Gasteiger partial charge in [0.25, 0.3) is 5.91 Å². The maximum atomic E-state index is 12.5. The van der Waals surface area contributed by atoms with Crippen molar-refractivity contribution >= 4 is 27.3 Å². The lowest BCUT2D eigenvalue weighted by Crippen LogP contribution is -2.35. The molecule has 5 nitrogen and oxygen atoms in total. The van der Waals surface area contributed by atoms with E-state index < -0.39 is 9.84 Å². The van der Waals surface area contributed by atoms with Gasteiger partial charge in [-0.3, -0.25) is 4.79 Å². The zero-order valence-electron chi connectivity index (χ0n) is 13.4. The highest BCUT2D eigenvalue weighted by Crippen LogP contribution is 2.21. The zero-order valence-corrected chi connectivity index (χ0v) is 15.0. The number of ether oxygens (including phenoxy) is 1. The van der Waals surface area contributed by atoms with Gasteiger partial charge in [0.15, 0.2) is 9.84 Å². The summed E-state index contributed by atoms with van der Waals surface area (Å²) in [7, 11) is -3.04. The molecule has 7 heteroatoms. The van der Waals surface area contributed by atoms with Crippen LogP contribution in [0.15, 0.2) is 48.5 Å². The minimum Gasteiger partial charge on any atom is -0.488 e. The molecule has 1 fully saturated rings. The van der Waals surface area contributed by atoms with Crippen LogP contribution in [-0.4, -0.2) is 31.9 Å². The number of hydrogen-bond donors (Lipinski definition) is 1. The number of sulfone groups is 1. The van der Waals surface area contributed by atoms with Crippen molar-refractivity contribution in [2.24, 2.45) is 0 Å². The van der Waals surface area contributed by atoms with Gasteiger partial charge in [-0.2, -0.15) is 0 Å². The van der Waals surface area contributed by atoms with Crippen LogP contribution in [-0.2, 0) is 16.4 Å². The van der Waals surface area contributed by atoms with Crippen LogP contribution in [0.1, 0.15) is 22.3 Å². The molecule has 1 amide bonds. The van der Waals surface area contributed by atoms with Crippen LogP contribution < -0.4 is 10.1 Å². The van der Waals surface area contributed by atoms with Crippen LogP contribution in [0.25, 0.3) is 0 Å². The Kier molecular flexibility index (Phi) is 5.30. The third kappa shape index (κ3) is 4.74. The highest BCUT2D eigenvalue weighted by molar-refractivity contribution is 7.91. The molecule has 0 aliphatic carbocycles. The van der Waals surface area contributed by atoms with Gasteiger partial charge in [0, 0.05) is 11.1 Å². The van der Waals surface area contributed by atoms with Crippen molar-refractivity contribution in [3.05, 3.63) is 64.7 Å². The molecule has 1 heterocycles. The molecule has 1 aliphatic heterocycles. The number of carbonyl (C=O) groups is 1. The first-order chi connectivity index (χ1) is 11.9. The van der Waals surface area contributed by atoms with Gasteiger partial charge in [-0.05, 0) is 36.2 Å². The number of benzene rings is 2. The predicted octanol–water partition coefficient (Wildman–Crippen LogP) is 2.84. The molecule has 25 heavy (non-hydrogen) atoms. The molecular weight excluding hydrogens is 362 g/mol. The number of carbonyl (C=O) groups excluding carboxylic acids is 1. The van der Waals surface area contributed by atoms with E-state index in [4.69, 9.17) is 16.3 Å². The van der Waals surface area contributed by atoms with Gasteiger partial charge < -0.3 is 10.1 Å². The fourth-order valence-corrected chi connectivity index (χ4v) is 4.49. The van der Waals surface area contributed by atoms with Crippen molar-refractivity contribution in [3.8, 4) is 5.75 Å². The fraction of sp³-hybridized carbons (Fsp3) is 0.278. The largest absolute Gasteiger partial charge is 0.488 e. The monoisotopic (exact) mass is 379 g/mol. The summed E-state index contributed by atoms with van der Waals surface area (Å²) in [5.74, 6) is 0.240. The Labute approximate surface area is 151 Å². The van der Waals surface area contributed by atoms with Gasteiger partial charge in [0.2, 0.25) is 0 Å². The van der Waals surface area contributed by atoms with Crippen LogP contribution >= 0.6 is 11.6 Å². The maximum Gasteiger partial charge on any atom is 0.255 e. The molecule has 2 aromatic rings. The fourth-order valence-electron chi connectivity index (χ4n) is 2.69. The van der Waals surface area contributed by atoms with E-state index in [1.54, 1.807) is 36.4 Å². The van der Waals surface area contributed by atoms with Crippen molar-refractivity contribution in [3.63, 3.8) is 0 Å². The highest BCUT2D eigenvalue weighted by Gasteiger charge is 2.29. The quantitative estimate of drug-likeness (QED) is 0.867. The van der Waals surface area contributed by atoms with E-state index in [1.165, 1.54) is 0 Å². The summed E-state index contributed by atoms with van der Waals surface area (Å²) in [4.78, 5) is 12.5. The molecule has 1 saturated heterocycles. The minimum atomic E-state index is -3.04. The second-order valence-electron chi connectivity index (χ2n) is 5.98. The number of para-hydroxylation sites is 1. The molecular formula is C18H18ClNO4S. The third-order valence-electron chi connectivity index (χ3n) is 4.01. The highest BCUT2D eigenvalue weighted by atomic mass is 35.5. The van der Waals surface area contributed by atoms with Crippen molar-refractivity contribution < 1.29 is 17.9 Å². The first-order valence-corrected chi connectivity index (χ1v) is 10.1. The Morgan fingerprint density at radius 1 is 1.16 bits per heavy atom. The molecule has 132 valence electrons. The number of nitrogens with one attached hydrogen (secondary N) is 1. The maximum absolute atomic E-state index is 12.5. The zero-order chi connectivity index (χ0) is 17.9. The van der Waals surface area contributed by atoms with Gasteiger partial charge in [0.1, 0.15) is 12.4 Å². The Bertz CT molecular complexity index is 865. The Balaban J connectivity index is 1.67. The van der Waals surface area contributed by atoms with Crippen molar-refractivity contribution in [1.29, 1.82) is 0 Å². The lowest BCUT2D eigenvalue weighted by Gasteiger charge is -2.14. The van der Waals surface area contributed by atoms with Crippen LogP contribution in [0.3, 0.4) is 0 Å². The molecule has 2 aromatic carbocycles. The molecule has 3 rings (SSSR count). The SMILES string of the molecule is O=C(NC1CCS(=O)(=O)C1)c1ccccc1OCc1ccc(Cl)cc1. The molecule has 0 aromatic heterocycles. The first kappa shape index (κ1) is 17.8. The van der Waals surface area contributed by atoms with E-state index in [9.17, 15) is 13.2 Å². The van der Waals surface area contributed by atoms with Gasteiger partial charge in [0.05, 0.1) is 17.1 Å². The summed E-state index contributed by atoms with van der Waals surface area (Å²) in [6.07, 6.45) is 0.446. The molecule has 0 saturated carbocycles. The average Bonchev–Trinajstić information content (AvgIpc) is 2.93. The second-order valence-corrected chi connectivity index (χ2v) is 8.65. The van der Waals surface area contributed by atoms with Gasteiger partial charge in [-0.25, -0.2) is 8.42 Å². The summed E-state index contributed by atoms with van der Waals surface area (Å²) in [6, 6.07) is 13.8. The summed E-state index contributed by atoms with van der Waals surface area (Å²) in [5.41, 5.74) is 1.32. The van der Waals surface area contributed by atoms with Crippen LogP contribution in [0, 0.1) is 0 Å². The van der Waals surface area contributed by atoms with E-state index in [1.807, 2.05) is 12.1 Å². The average molecular weight is 380 g/mol. The molecule has 1 unspecified atom stereocenters. The summed E-state index contributed by atoms with van der Waals surface area (Å²) in [6.45, 7) is 0.305. The molecule has 1 N–H and O–H groups in total. The minimum absolute atomic E-state index is 0.00740. The van der Waals surface area contributed by atoms with E-state index in [2.05, 4.69) is 5.32 Å². The Hall–Kier alpha value is -2.05. The lowest BCUT2D eigenvalue weighted by atomic mass is 10.1. The number of rotatable bonds is 5. The molecule has 1 aliphatic rings. The smallest absolute Gasteiger partial charge is 0.255 e. The third-order valence-corrected chi connectivity index (χ3v) is 6.03. The summed E-state index contributed by atoms with van der Waals surface area (Å²) >= 11 is 5.86. The van der Waals surface area contributed by atoms with E-state index >= 15 is 0 Å². The predicted molar refractivity (Wildman–Crippen MR) is 96.8 cm³/mol. The van der Waals surface area contributed by atoms with Crippen LogP contribution in [0.5, 0.6) is 5.75 Å². The normalized spacial score (nSPS) is 18.7. The Morgan fingerprint density at radius 2 is 1.88 bits per heavy atom. The van der Waals surface area contributed by atoms with E-state index in [-0.39, 0.29) is 23.5 Å². The van der Waals surface area contributed by atoms with E-state index in [0.717, 1.165) is 5.56 Å². The molecule has 0 bridgehead atoms. The number of halogens is 1. The number of hydrogen-bond acceptors (Lipinski definition) is 4. The van der Waals surface area contributed by atoms with Crippen LogP contribution in [0.2, 0.25) is 5.02 Å². The topological polar surface area (TPSA) is 72.5 Å². The van der Waals surface area contributed by atoms with Crippen LogP contribution in [0.4, 0.5) is 0 Å². The molecule has 0 radical (unpaired) electrons. The van der Waals surface area contributed by atoms with Gasteiger partial charge in [-0.15, -0.1) is 0 Å². The lowest BCUT2D eigenvalue weighted by molar-refractivity contribution is 0.0936. The number of amides is 1. The van der Waals surface area contributed by atoms with Gasteiger partial charge in [-0.1, -0.05) is 35.9 Å². The van der Waals surface area contributed by atoms with Gasteiger partial charge >= 0.3 is 0 Å². The molecule has 1 atom stereocenters. The first-order valence-electron chi connectivity index (χ1n) is 7.90. The summed E-state index contributed by atoms with van der Waals surface area (Å²) in [5, 5.41) is 3.43.